The van der Waals surface area contributed by atoms with Crippen LogP contribution in [0.5, 0.6) is 0 Å². The molecule has 0 atom stereocenters. The van der Waals surface area contributed by atoms with E-state index >= 15 is 0 Å². The van der Waals surface area contributed by atoms with Gasteiger partial charge in [-0.25, -0.2) is 4.98 Å². The van der Waals surface area contributed by atoms with Crippen LogP contribution in [0.2, 0.25) is 0 Å². The molecule has 0 aliphatic heterocycles. The molecule has 1 aromatic heterocycles. The van der Waals surface area contributed by atoms with Gasteiger partial charge in [0.2, 0.25) is 0 Å². The molecule has 4 aromatic rings. The van der Waals surface area contributed by atoms with Crippen LogP contribution in [0, 0.1) is 0 Å². The van der Waals surface area contributed by atoms with Crippen LogP contribution in [0.1, 0.15) is 26.3 Å². The molecular formula is C23H22N2. The van der Waals surface area contributed by atoms with E-state index in [9.17, 15) is 0 Å². The third-order valence-corrected chi connectivity index (χ3v) is 4.58. The molecule has 2 nitrogen and oxygen atoms in total. The van der Waals surface area contributed by atoms with Crippen molar-refractivity contribution in [2.75, 3.05) is 0 Å². The second-order valence-corrected chi connectivity index (χ2v) is 7.42. The lowest BCUT2D eigenvalue weighted by Gasteiger charge is -2.19. The normalized spacial score (nSPS) is 11.8. The Morgan fingerprint density at radius 1 is 0.720 bits per heavy atom. The molecule has 3 aromatic carbocycles. The molecule has 4 rings (SSSR count). The average molecular weight is 326 g/mol. The number of para-hydroxylation sites is 3. The summed E-state index contributed by atoms with van der Waals surface area (Å²) >= 11 is 0. The van der Waals surface area contributed by atoms with Crippen molar-refractivity contribution in [2.45, 2.75) is 26.2 Å². The quantitative estimate of drug-likeness (QED) is 0.442. The lowest BCUT2D eigenvalue weighted by molar-refractivity contribution is 0.590. The summed E-state index contributed by atoms with van der Waals surface area (Å²) in [6.07, 6.45) is 0. The number of aromatic nitrogens is 2. The molecule has 0 saturated carbocycles. The van der Waals surface area contributed by atoms with Gasteiger partial charge in [-0.1, -0.05) is 75.4 Å². The molecule has 0 radical (unpaired) electrons. The van der Waals surface area contributed by atoms with Crippen LogP contribution in [-0.4, -0.2) is 9.55 Å². The molecule has 124 valence electrons. The van der Waals surface area contributed by atoms with E-state index in [2.05, 4.69) is 92.1 Å². The van der Waals surface area contributed by atoms with Crippen molar-refractivity contribution in [3.8, 4) is 17.1 Å². The van der Waals surface area contributed by atoms with Gasteiger partial charge in [-0.3, -0.25) is 4.57 Å². The topological polar surface area (TPSA) is 17.8 Å². The molecule has 2 heteroatoms. The Morgan fingerprint density at radius 3 is 2.04 bits per heavy atom. The highest BCUT2D eigenvalue weighted by Crippen LogP contribution is 2.30. The summed E-state index contributed by atoms with van der Waals surface area (Å²) in [5.74, 6) is 0.979. The summed E-state index contributed by atoms with van der Waals surface area (Å²) < 4.78 is 2.24. The minimum absolute atomic E-state index is 0.151. The van der Waals surface area contributed by atoms with Gasteiger partial charge in [0.05, 0.1) is 11.0 Å². The molecule has 0 unspecified atom stereocenters. The molecule has 25 heavy (non-hydrogen) atoms. The molecule has 0 amide bonds. The third kappa shape index (κ3) is 2.85. The maximum atomic E-state index is 4.91. The number of fused-ring (bicyclic) bond motifs is 1. The fraction of sp³-hybridized carbons (Fsp3) is 0.174. The largest absolute Gasteiger partial charge is 0.292 e. The van der Waals surface area contributed by atoms with E-state index in [0.717, 1.165) is 28.1 Å². The molecule has 0 spiro atoms. The predicted molar refractivity (Wildman–Crippen MR) is 105 cm³/mol. The van der Waals surface area contributed by atoms with Gasteiger partial charge in [0.1, 0.15) is 5.82 Å². The van der Waals surface area contributed by atoms with Crippen LogP contribution < -0.4 is 0 Å². The van der Waals surface area contributed by atoms with Gasteiger partial charge in [-0.2, -0.15) is 0 Å². The zero-order chi connectivity index (χ0) is 17.4. The van der Waals surface area contributed by atoms with E-state index in [0.29, 0.717) is 0 Å². The number of nitrogens with zero attached hydrogens (tertiary/aromatic N) is 2. The number of rotatable bonds is 2. The Bertz CT molecular complexity index is 1000. The van der Waals surface area contributed by atoms with Crippen LogP contribution in [0.4, 0.5) is 0 Å². The Kier molecular flexibility index (Phi) is 3.69. The van der Waals surface area contributed by atoms with E-state index in [1.807, 2.05) is 12.1 Å². The van der Waals surface area contributed by atoms with Gasteiger partial charge in [0.25, 0.3) is 0 Å². The molecule has 0 aliphatic carbocycles. The van der Waals surface area contributed by atoms with Crippen molar-refractivity contribution in [1.82, 2.24) is 9.55 Å². The van der Waals surface area contributed by atoms with E-state index < -0.39 is 0 Å². The summed E-state index contributed by atoms with van der Waals surface area (Å²) in [6, 6.07) is 27.5. The van der Waals surface area contributed by atoms with Crippen molar-refractivity contribution in [2.24, 2.45) is 0 Å². The second-order valence-electron chi connectivity index (χ2n) is 7.42. The van der Waals surface area contributed by atoms with Crippen LogP contribution in [0.3, 0.4) is 0 Å². The molecule has 0 fully saturated rings. The Labute approximate surface area is 148 Å². The van der Waals surface area contributed by atoms with Gasteiger partial charge in [0.15, 0.2) is 0 Å². The number of hydrogen-bond acceptors (Lipinski definition) is 1. The van der Waals surface area contributed by atoms with Crippen molar-refractivity contribution >= 4 is 11.0 Å². The average Bonchev–Trinajstić information content (AvgIpc) is 3.01. The summed E-state index contributed by atoms with van der Waals surface area (Å²) in [5.41, 5.74) is 5.89. The highest BCUT2D eigenvalue weighted by Gasteiger charge is 2.16. The van der Waals surface area contributed by atoms with Crippen LogP contribution in [-0.2, 0) is 5.41 Å². The van der Waals surface area contributed by atoms with Crippen LogP contribution in [0.25, 0.3) is 28.1 Å². The molecule has 0 aliphatic rings. The first-order chi connectivity index (χ1) is 12.0. The minimum Gasteiger partial charge on any atom is -0.292 e. The fourth-order valence-electron chi connectivity index (χ4n) is 3.18. The monoisotopic (exact) mass is 326 g/mol. The zero-order valence-corrected chi connectivity index (χ0v) is 14.9. The molecule has 1 heterocycles. The second kappa shape index (κ2) is 5.89. The maximum Gasteiger partial charge on any atom is 0.145 e. The summed E-state index contributed by atoms with van der Waals surface area (Å²) in [4.78, 5) is 4.91. The van der Waals surface area contributed by atoms with Gasteiger partial charge in [-0.05, 0) is 35.2 Å². The first-order valence-corrected chi connectivity index (χ1v) is 8.68. The molecular weight excluding hydrogens is 304 g/mol. The SMILES string of the molecule is CC(C)(C)c1ccc(-c2nc3ccccc3n2-c2ccccc2)cc1. The highest BCUT2D eigenvalue weighted by atomic mass is 15.1. The fourth-order valence-corrected chi connectivity index (χ4v) is 3.18. The maximum absolute atomic E-state index is 4.91. The van der Waals surface area contributed by atoms with Crippen molar-refractivity contribution < 1.29 is 0 Å². The highest BCUT2D eigenvalue weighted by molar-refractivity contribution is 5.83. The minimum atomic E-state index is 0.151. The molecule has 0 saturated heterocycles. The van der Waals surface area contributed by atoms with Crippen molar-refractivity contribution in [1.29, 1.82) is 0 Å². The number of benzene rings is 3. The Hall–Kier alpha value is -2.87. The Morgan fingerprint density at radius 2 is 1.36 bits per heavy atom. The summed E-state index contributed by atoms with van der Waals surface area (Å²) in [7, 11) is 0. The third-order valence-electron chi connectivity index (χ3n) is 4.58. The van der Waals surface area contributed by atoms with Gasteiger partial charge in [-0.15, -0.1) is 0 Å². The van der Waals surface area contributed by atoms with Gasteiger partial charge in [0, 0.05) is 11.3 Å². The van der Waals surface area contributed by atoms with Crippen LogP contribution in [0.15, 0.2) is 78.9 Å². The van der Waals surface area contributed by atoms with E-state index in [-0.39, 0.29) is 5.41 Å². The lowest BCUT2D eigenvalue weighted by atomic mass is 9.87. The Balaban J connectivity index is 1.93. The van der Waals surface area contributed by atoms with E-state index in [1.54, 1.807) is 0 Å². The number of hydrogen-bond donors (Lipinski definition) is 0. The lowest BCUT2D eigenvalue weighted by Crippen LogP contribution is -2.10. The van der Waals surface area contributed by atoms with Crippen molar-refractivity contribution in [3.63, 3.8) is 0 Å². The molecule has 0 N–H and O–H groups in total. The van der Waals surface area contributed by atoms with Crippen LogP contribution >= 0.6 is 0 Å². The number of imidazole rings is 1. The van der Waals surface area contributed by atoms with E-state index in [4.69, 9.17) is 4.98 Å². The first kappa shape index (κ1) is 15.6. The smallest absolute Gasteiger partial charge is 0.145 e. The predicted octanol–water partition coefficient (Wildman–Crippen LogP) is 5.99. The summed E-state index contributed by atoms with van der Waals surface area (Å²) in [6.45, 7) is 6.71. The standard InChI is InChI=1S/C23H22N2/c1-23(2,3)18-15-13-17(14-16-18)22-24-20-11-7-8-12-21(20)25(22)19-9-5-4-6-10-19/h4-16H,1-3H3. The van der Waals surface area contributed by atoms with Crippen molar-refractivity contribution in [3.05, 3.63) is 84.4 Å². The zero-order valence-electron chi connectivity index (χ0n) is 14.9. The first-order valence-electron chi connectivity index (χ1n) is 8.68. The van der Waals surface area contributed by atoms with Gasteiger partial charge >= 0.3 is 0 Å². The van der Waals surface area contributed by atoms with Gasteiger partial charge < -0.3 is 0 Å². The van der Waals surface area contributed by atoms with E-state index in [1.165, 1.54) is 5.56 Å². The molecule has 0 bridgehead atoms. The summed E-state index contributed by atoms with van der Waals surface area (Å²) in [5, 5.41) is 0.